The second-order valence-electron chi connectivity index (χ2n) is 5.87. The van der Waals surface area contributed by atoms with Gasteiger partial charge < -0.3 is 15.4 Å². The van der Waals surface area contributed by atoms with Gasteiger partial charge in [-0.15, -0.1) is 12.4 Å². The standard InChI is InChI=1S/C17H22N4O2.ClH/c1-12(13-9-18-10-13)17(22)19-11-14-7-8-21(20-14)15-3-5-16(23-2)6-4-15;/h3-8,12-13,18H,9-11H2,1-2H3,(H,19,22);1H. The quantitative estimate of drug-likeness (QED) is 0.833. The van der Waals surface area contributed by atoms with Gasteiger partial charge in [0.15, 0.2) is 0 Å². The molecule has 1 amide bonds. The van der Waals surface area contributed by atoms with E-state index in [0.717, 1.165) is 30.2 Å². The summed E-state index contributed by atoms with van der Waals surface area (Å²) in [5.74, 6) is 1.40. The molecule has 1 aromatic carbocycles. The first-order valence-electron chi connectivity index (χ1n) is 7.85. The lowest BCUT2D eigenvalue weighted by atomic mass is 9.88. The Balaban J connectivity index is 0.00000208. The zero-order valence-corrected chi connectivity index (χ0v) is 14.7. The van der Waals surface area contributed by atoms with Crippen LogP contribution in [0.4, 0.5) is 0 Å². The van der Waals surface area contributed by atoms with Crippen LogP contribution in [0.25, 0.3) is 5.69 Å². The first-order valence-corrected chi connectivity index (χ1v) is 7.85. The van der Waals surface area contributed by atoms with Crippen LogP contribution in [0, 0.1) is 11.8 Å². The van der Waals surface area contributed by atoms with E-state index >= 15 is 0 Å². The molecule has 3 rings (SSSR count). The summed E-state index contributed by atoms with van der Waals surface area (Å²) >= 11 is 0. The number of rotatable bonds is 6. The second kappa shape index (κ2) is 8.17. The molecule has 7 heteroatoms. The number of nitrogens with zero attached hydrogens (tertiary/aromatic N) is 2. The van der Waals surface area contributed by atoms with Gasteiger partial charge in [0, 0.05) is 12.1 Å². The third-order valence-corrected chi connectivity index (χ3v) is 4.36. The number of amides is 1. The summed E-state index contributed by atoms with van der Waals surface area (Å²) in [5.41, 5.74) is 1.80. The van der Waals surface area contributed by atoms with E-state index in [1.807, 2.05) is 43.5 Å². The number of carbonyl (C=O) groups excluding carboxylic acids is 1. The minimum Gasteiger partial charge on any atom is -0.497 e. The molecule has 0 radical (unpaired) electrons. The Morgan fingerprint density at radius 2 is 2.08 bits per heavy atom. The van der Waals surface area contributed by atoms with Crippen LogP contribution in [0.15, 0.2) is 36.5 Å². The Labute approximate surface area is 148 Å². The molecule has 24 heavy (non-hydrogen) atoms. The van der Waals surface area contributed by atoms with E-state index in [2.05, 4.69) is 15.7 Å². The molecule has 2 N–H and O–H groups in total. The highest BCUT2D eigenvalue weighted by Gasteiger charge is 2.28. The fraction of sp³-hybridized carbons (Fsp3) is 0.412. The van der Waals surface area contributed by atoms with Gasteiger partial charge in [-0.05, 0) is 49.3 Å². The van der Waals surface area contributed by atoms with Gasteiger partial charge in [0.2, 0.25) is 5.91 Å². The molecule has 1 aliphatic rings. The van der Waals surface area contributed by atoms with E-state index in [9.17, 15) is 4.79 Å². The van der Waals surface area contributed by atoms with Crippen molar-refractivity contribution < 1.29 is 9.53 Å². The lowest BCUT2D eigenvalue weighted by Crippen LogP contribution is -2.49. The Morgan fingerprint density at radius 1 is 1.38 bits per heavy atom. The lowest BCUT2D eigenvalue weighted by molar-refractivity contribution is -0.126. The number of hydrogen-bond acceptors (Lipinski definition) is 4. The molecular formula is C17H23ClN4O2. The van der Waals surface area contributed by atoms with E-state index in [1.165, 1.54) is 0 Å². The van der Waals surface area contributed by atoms with E-state index < -0.39 is 0 Å². The van der Waals surface area contributed by atoms with E-state index in [1.54, 1.807) is 11.8 Å². The molecule has 1 aromatic heterocycles. The molecule has 1 unspecified atom stereocenters. The van der Waals surface area contributed by atoms with E-state index in [-0.39, 0.29) is 24.2 Å². The Kier molecular flexibility index (Phi) is 6.23. The molecule has 1 fully saturated rings. The predicted octanol–water partition coefficient (Wildman–Crippen LogP) is 1.77. The maximum absolute atomic E-state index is 12.1. The summed E-state index contributed by atoms with van der Waals surface area (Å²) in [7, 11) is 1.64. The van der Waals surface area contributed by atoms with Gasteiger partial charge in [0.05, 0.1) is 25.0 Å². The minimum absolute atomic E-state index is 0. The molecule has 1 saturated heterocycles. The Hall–Kier alpha value is -2.05. The summed E-state index contributed by atoms with van der Waals surface area (Å²) in [6.07, 6.45) is 1.89. The van der Waals surface area contributed by atoms with Crippen LogP contribution in [0.3, 0.4) is 0 Å². The van der Waals surface area contributed by atoms with Gasteiger partial charge in [-0.3, -0.25) is 4.79 Å². The van der Waals surface area contributed by atoms with Gasteiger partial charge in [0.25, 0.3) is 0 Å². The molecule has 0 saturated carbocycles. The van der Waals surface area contributed by atoms with Crippen LogP contribution >= 0.6 is 12.4 Å². The summed E-state index contributed by atoms with van der Waals surface area (Å²) in [6.45, 7) is 4.30. The maximum atomic E-state index is 12.1. The highest BCUT2D eigenvalue weighted by Crippen LogP contribution is 2.16. The van der Waals surface area contributed by atoms with Crippen molar-refractivity contribution in [1.29, 1.82) is 0 Å². The summed E-state index contributed by atoms with van der Waals surface area (Å²) in [6, 6.07) is 9.60. The third kappa shape index (κ3) is 4.07. The summed E-state index contributed by atoms with van der Waals surface area (Å²) < 4.78 is 6.94. The number of carbonyl (C=O) groups is 1. The number of aromatic nitrogens is 2. The topological polar surface area (TPSA) is 68.2 Å². The van der Waals surface area contributed by atoms with Gasteiger partial charge in [-0.2, -0.15) is 5.10 Å². The smallest absolute Gasteiger partial charge is 0.223 e. The van der Waals surface area contributed by atoms with Crippen LogP contribution in [0.1, 0.15) is 12.6 Å². The zero-order valence-electron chi connectivity index (χ0n) is 13.9. The normalized spacial score (nSPS) is 15.1. The Morgan fingerprint density at radius 3 is 2.67 bits per heavy atom. The van der Waals surface area contributed by atoms with E-state index in [4.69, 9.17) is 4.74 Å². The molecular weight excluding hydrogens is 328 g/mol. The molecule has 0 bridgehead atoms. The summed E-state index contributed by atoms with van der Waals surface area (Å²) in [5, 5.41) is 10.7. The van der Waals surface area contributed by atoms with Crippen molar-refractivity contribution in [2.75, 3.05) is 20.2 Å². The number of ether oxygens (including phenoxy) is 1. The average Bonchev–Trinajstić information content (AvgIpc) is 3.00. The van der Waals surface area contributed by atoms with Crippen molar-refractivity contribution in [3.05, 3.63) is 42.2 Å². The van der Waals surface area contributed by atoms with E-state index in [0.29, 0.717) is 12.5 Å². The fourth-order valence-electron chi connectivity index (χ4n) is 2.55. The molecule has 1 atom stereocenters. The van der Waals surface area contributed by atoms with Crippen molar-refractivity contribution in [1.82, 2.24) is 20.4 Å². The lowest BCUT2D eigenvalue weighted by Gasteiger charge is -2.31. The molecule has 2 aromatic rings. The summed E-state index contributed by atoms with van der Waals surface area (Å²) in [4.78, 5) is 12.1. The van der Waals surface area contributed by atoms with Crippen LogP contribution in [0.2, 0.25) is 0 Å². The van der Waals surface area contributed by atoms with Crippen molar-refractivity contribution in [2.45, 2.75) is 13.5 Å². The highest BCUT2D eigenvalue weighted by atomic mass is 35.5. The predicted molar refractivity (Wildman–Crippen MR) is 94.7 cm³/mol. The molecule has 130 valence electrons. The number of benzene rings is 1. The van der Waals surface area contributed by atoms with Crippen LogP contribution in [0.5, 0.6) is 5.75 Å². The van der Waals surface area contributed by atoms with Crippen LogP contribution in [-0.4, -0.2) is 35.9 Å². The number of halogens is 1. The highest BCUT2D eigenvalue weighted by molar-refractivity contribution is 5.85. The minimum atomic E-state index is 0. The monoisotopic (exact) mass is 350 g/mol. The number of methoxy groups -OCH3 is 1. The first kappa shape index (κ1) is 18.3. The fourth-order valence-corrected chi connectivity index (χ4v) is 2.55. The second-order valence-corrected chi connectivity index (χ2v) is 5.87. The molecule has 0 aliphatic carbocycles. The van der Waals surface area contributed by atoms with Gasteiger partial charge in [-0.25, -0.2) is 4.68 Å². The molecule has 1 aliphatic heterocycles. The van der Waals surface area contributed by atoms with Crippen LogP contribution in [-0.2, 0) is 11.3 Å². The largest absolute Gasteiger partial charge is 0.497 e. The molecule has 6 nitrogen and oxygen atoms in total. The number of nitrogens with one attached hydrogen (secondary N) is 2. The number of hydrogen-bond donors (Lipinski definition) is 2. The van der Waals surface area contributed by atoms with Gasteiger partial charge in [0.1, 0.15) is 5.75 Å². The van der Waals surface area contributed by atoms with Crippen molar-refractivity contribution in [3.8, 4) is 11.4 Å². The average molecular weight is 351 g/mol. The zero-order chi connectivity index (χ0) is 16.2. The van der Waals surface area contributed by atoms with Crippen molar-refractivity contribution in [3.63, 3.8) is 0 Å². The molecule has 2 heterocycles. The van der Waals surface area contributed by atoms with Gasteiger partial charge >= 0.3 is 0 Å². The SMILES string of the molecule is COc1ccc(-n2ccc(CNC(=O)C(C)C3CNC3)n2)cc1.Cl. The van der Waals surface area contributed by atoms with Gasteiger partial charge in [-0.1, -0.05) is 6.92 Å². The first-order chi connectivity index (χ1) is 11.2. The van der Waals surface area contributed by atoms with Crippen molar-refractivity contribution in [2.24, 2.45) is 11.8 Å². The molecule has 0 spiro atoms. The maximum Gasteiger partial charge on any atom is 0.223 e. The Bertz CT molecular complexity index is 667. The third-order valence-electron chi connectivity index (χ3n) is 4.36. The van der Waals surface area contributed by atoms with Crippen LogP contribution < -0.4 is 15.4 Å². The van der Waals surface area contributed by atoms with Crippen molar-refractivity contribution >= 4 is 18.3 Å².